The normalized spacial score (nSPS) is 10.3. The predicted octanol–water partition coefficient (Wildman–Crippen LogP) is 2.76. The number of nitrogens with two attached hydrogens (primary N) is 1. The van der Waals surface area contributed by atoms with Crippen LogP contribution in [0.15, 0.2) is 28.7 Å². The van der Waals surface area contributed by atoms with E-state index in [1.54, 1.807) is 19.1 Å². The summed E-state index contributed by atoms with van der Waals surface area (Å²) in [6.07, 6.45) is 0. The number of halogens is 2. The lowest BCUT2D eigenvalue weighted by molar-refractivity contribution is 0.435. The second-order valence-electron chi connectivity index (χ2n) is 3.80. The Hall–Kier alpha value is -2.02. The molecule has 98 valence electrons. The number of aromatic nitrogens is 2. The number of benzene rings is 1. The molecule has 2 rings (SSSR count). The molecule has 0 unspecified atom stereocenters. The van der Waals surface area contributed by atoms with E-state index in [1.807, 2.05) is 0 Å². The summed E-state index contributed by atoms with van der Waals surface area (Å²) in [7, 11) is 0. The lowest BCUT2D eigenvalue weighted by Crippen LogP contribution is -2.14. The summed E-state index contributed by atoms with van der Waals surface area (Å²) in [5.41, 5.74) is 6.23. The van der Waals surface area contributed by atoms with E-state index in [9.17, 15) is 4.39 Å². The van der Waals surface area contributed by atoms with Gasteiger partial charge in [-0.3, -0.25) is 5.41 Å². The fraction of sp³-hybridized carbons (Fsp3) is 0.0833. The van der Waals surface area contributed by atoms with Crippen LogP contribution in [-0.4, -0.2) is 15.8 Å². The average Bonchev–Trinajstić information content (AvgIpc) is 2.26. The van der Waals surface area contributed by atoms with Gasteiger partial charge in [0, 0.05) is 16.2 Å². The van der Waals surface area contributed by atoms with Gasteiger partial charge in [0.15, 0.2) is 0 Å². The van der Waals surface area contributed by atoms with Crippen LogP contribution in [0.2, 0.25) is 0 Å². The third-order valence-corrected chi connectivity index (χ3v) is 2.61. The van der Waals surface area contributed by atoms with Gasteiger partial charge in [0.25, 0.3) is 0 Å². The Balaban J connectivity index is 2.35. The third-order valence-electron chi connectivity index (χ3n) is 2.15. The van der Waals surface area contributed by atoms with Crippen molar-refractivity contribution in [3.63, 3.8) is 0 Å². The number of aryl methyl sites for hydroxylation is 1. The molecule has 0 aliphatic heterocycles. The van der Waals surface area contributed by atoms with E-state index in [4.69, 9.17) is 15.9 Å². The summed E-state index contributed by atoms with van der Waals surface area (Å²) >= 11 is 3.16. The number of nitrogens with one attached hydrogen (secondary N) is 1. The fourth-order valence-electron chi connectivity index (χ4n) is 1.42. The lowest BCUT2D eigenvalue weighted by atomic mass is 10.3. The van der Waals surface area contributed by atoms with Crippen molar-refractivity contribution in [2.24, 2.45) is 5.73 Å². The quantitative estimate of drug-likeness (QED) is 0.671. The highest BCUT2D eigenvalue weighted by atomic mass is 79.9. The first-order chi connectivity index (χ1) is 8.94. The number of nitrogen functional groups attached to an aromatic ring is 1. The van der Waals surface area contributed by atoms with E-state index < -0.39 is 5.82 Å². The maximum atomic E-state index is 13.2. The Labute approximate surface area is 117 Å². The van der Waals surface area contributed by atoms with Gasteiger partial charge in [-0.2, -0.15) is 4.98 Å². The van der Waals surface area contributed by atoms with E-state index in [1.165, 1.54) is 12.1 Å². The first-order valence-corrected chi connectivity index (χ1v) is 6.07. The Morgan fingerprint density at radius 2 is 2.05 bits per heavy atom. The Morgan fingerprint density at radius 3 is 2.68 bits per heavy atom. The van der Waals surface area contributed by atoms with E-state index >= 15 is 0 Å². The van der Waals surface area contributed by atoms with Crippen LogP contribution in [0.3, 0.4) is 0 Å². The number of amidine groups is 1. The van der Waals surface area contributed by atoms with Gasteiger partial charge in [-0.1, -0.05) is 15.9 Å². The molecule has 0 saturated heterocycles. The number of rotatable bonds is 3. The van der Waals surface area contributed by atoms with Crippen molar-refractivity contribution in [1.82, 2.24) is 9.97 Å². The number of nitrogens with zero attached hydrogens (tertiary/aromatic N) is 2. The zero-order chi connectivity index (χ0) is 14.0. The summed E-state index contributed by atoms with van der Waals surface area (Å²) < 4.78 is 19.1. The molecule has 0 fully saturated rings. The summed E-state index contributed by atoms with van der Waals surface area (Å²) in [4.78, 5) is 8.01. The molecule has 0 atom stereocenters. The van der Waals surface area contributed by atoms with Crippen LogP contribution in [0.1, 0.15) is 11.4 Å². The van der Waals surface area contributed by atoms with E-state index in [0.717, 1.165) is 0 Å². The van der Waals surface area contributed by atoms with Crippen LogP contribution in [0.25, 0.3) is 0 Å². The number of hydrogen-bond donors (Lipinski definition) is 2. The van der Waals surface area contributed by atoms with Crippen molar-refractivity contribution in [2.45, 2.75) is 6.92 Å². The van der Waals surface area contributed by atoms with Gasteiger partial charge in [-0.25, -0.2) is 9.37 Å². The maximum absolute atomic E-state index is 13.2. The van der Waals surface area contributed by atoms with Crippen LogP contribution in [-0.2, 0) is 0 Å². The van der Waals surface area contributed by atoms with Gasteiger partial charge in [-0.15, -0.1) is 0 Å². The summed E-state index contributed by atoms with van der Waals surface area (Å²) in [6, 6.07) is 5.69. The molecular weight excluding hydrogens is 315 g/mol. The first kappa shape index (κ1) is 13.4. The molecular formula is C12H10BrFN4O. The minimum atomic E-state index is -0.441. The third kappa shape index (κ3) is 3.47. The zero-order valence-electron chi connectivity index (χ0n) is 9.95. The molecule has 0 saturated carbocycles. The van der Waals surface area contributed by atoms with Crippen molar-refractivity contribution in [2.75, 3.05) is 0 Å². The molecule has 1 aromatic heterocycles. The standard InChI is InChI=1S/C12H10BrFN4O/c1-6-2-10(11(15)16)18-12(17-6)19-9-4-7(13)3-8(14)5-9/h2-5H,1H3,(H3,15,16). The smallest absolute Gasteiger partial charge is 0.322 e. The van der Waals surface area contributed by atoms with E-state index in [2.05, 4.69) is 25.9 Å². The molecule has 5 nitrogen and oxygen atoms in total. The average molecular weight is 325 g/mol. The van der Waals surface area contributed by atoms with Gasteiger partial charge in [-0.05, 0) is 25.1 Å². The largest absolute Gasteiger partial charge is 0.424 e. The predicted molar refractivity (Wildman–Crippen MR) is 72.0 cm³/mol. The van der Waals surface area contributed by atoms with Crippen molar-refractivity contribution < 1.29 is 9.13 Å². The molecule has 3 N–H and O–H groups in total. The molecule has 1 heterocycles. The van der Waals surface area contributed by atoms with Gasteiger partial charge < -0.3 is 10.5 Å². The van der Waals surface area contributed by atoms with Crippen LogP contribution in [0.4, 0.5) is 4.39 Å². The second kappa shape index (κ2) is 5.31. The lowest BCUT2D eigenvalue weighted by Gasteiger charge is -2.07. The Morgan fingerprint density at radius 1 is 1.32 bits per heavy atom. The summed E-state index contributed by atoms with van der Waals surface area (Å²) in [5.74, 6) is -0.369. The molecule has 0 aliphatic rings. The highest BCUT2D eigenvalue weighted by Crippen LogP contribution is 2.24. The molecule has 19 heavy (non-hydrogen) atoms. The minimum absolute atomic E-state index is 0.0164. The SMILES string of the molecule is Cc1cc(C(=N)N)nc(Oc2cc(F)cc(Br)c2)n1. The van der Waals surface area contributed by atoms with Crippen LogP contribution in [0.5, 0.6) is 11.8 Å². The minimum Gasteiger partial charge on any atom is -0.424 e. The first-order valence-electron chi connectivity index (χ1n) is 5.28. The molecule has 0 radical (unpaired) electrons. The molecule has 1 aromatic carbocycles. The topological polar surface area (TPSA) is 84.9 Å². The number of hydrogen-bond acceptors (Lipinski definition) is 4. The van der Waals surface area contributed by atoms with Crippen LogP contribution >= 0.6 is 15.9 Å². The van der Waals surface area contributed by atoms with Gasteiger partial charge in [0.05, 0.1) is 0 Å². The van der Waals surface area contributed by atoms with Crippen LogP contribution in [0, 0.1) is 18.2 Å². The summed E-state index contributed by atoms with van der Waals surface area (Å²) in [6.45, 7) is 1.72. The monoisotopic (exact) mass is 324 g/mol. The van der Waals surface area contributed by atoms with Gasteiger partial charge in [0.1, 0.15) is 23.1 Å². The fourth-order valence-corrected chi connectivity index (χ4v) is 1.86. The van der Waals surface area contributed by atoms with E-state index in [-0.39, 0.29) is 23.3 Å². The molecule has 7 heteroatoms. The highest BCUT2D eigenvalue weighted by Gasteiger charge is 2.08. The summed E-state index contributed by atoms with van der Waals surface area (Å²) in [5, 5.41) is 7.34. The van der Waals surface area contributed by atoms with Gasteiger partial charge in [0.2, 0.25) is 0 Å². The Kier molecular flexibility index (Phi) is 3.75. The van der Waals surface area contributed by atoms with Crippen molar-refractivity contribution in [1.29, 1.82) is 5.41 Å². The zero-order valence-corrected chi connectivity index (χ0v) is 11.5. The van der Waals surface area contributed by atoms with E-state index in [0.29, 0.717) is 10.2 Å². The molecule has 0 amide bonds. The molecule has 0 spiro atoms. The highest BCUT2D eigenvalue weighted by molar-refractivity contribution is 9.10. The van der Waals surface area contributed by atoms with Crippen molar-refractivity contribution >= 4 is 21.8 Å². The van der Waals surface area contributed by atoms with Crippen molar-refractivity contribution in [3.05, 3.63) is 45.9 Å². The van der Waals surface area contributed by atoms with Crippen LogP contribution < -0.4 is 10.5 Å². The maximum Gasteiger partial charge on any atom is 0.322 e. The number of ether oxygens (including phenoxy) is 1. The molecule has 2 aromatic rings. The molecule has 0 bridgehead atoms. The van der Waals surface area contributed by atoms with Gasteiger partial charge >= 0.3 is 6.01 Å². The van der Waals surface area contributed by atoms with Crippen molar-refractivity contribution in [3.8, 4) is 11.8 Å². The molecule has 0 aliphatic carbocycles. The Bertz CT molecular complexity index is 627. The second-order valence-corrected chi connectivity index (χ2v) is 4.71.